The second-order valence-electron chi connectivity index (χ2n) is 21.7. The van der Waals surface area contributed by atoms with Crippen molar-refractivity contribution in [3.63, 3.8) is 0 Å². The van der Waals surface area contributed by atoms with E-state index in [1.807, 2.05) is 42.5 Å². The predicted molar refractivity (Wildman–Crippen MR) is 321 cm³/mol. The standard InChI is InChI=1S/C60H80N14O14.Ga/c1-70-49(9-5-20-63-55(84)43-16-10-40(11-17-43)33-65-51(77)35-71-22-24-72(36-52(78)79)26-28-74(38-54(82)83)29-27-73(25-23-71)37-53(80)81)58(87)68-46(8-4-21-64-60(61)62)57(86)69-47(32-41-12-15-42-6-2-3-7-44(42)30-41)56(85)66-34-50(76)67-48(59(70)88)31-39-13-18-45(75)19-14-39;/h2-3,6-7,10-19,30,46-49,75H,4-5,8-9,20-29,31-38H2,1H3,(H,63,84)(H,65,77)(H,66,85)(H,67,76)(H,68,87)(H,69,86)(H,78,79)(H,80,81)(H,82,83)(H4,61,62,64);/q;+3/p-3/t46-,47-,48+,49+;/m0./s1. The maximum absolute atomic E-state index is 14.7. The first-order chi connectivity index (χ1) is 42.1. The van der Waals surface area contributed by atoms with Gasteiger partial charge in [-0.1, -0.05) is 66.7 Å². The number of hydrogen-bond donors (Lipinski definition) is 9. The summed E-state index contributed by atoms with van der Waals surface area (Å²) in [5.74, 6) is -8.76. The van der Waals surface area contributed by atoms with Gasteiger partial charge in [-0.15, -0.1) is 0 Å². The SMILES string of the molecule is CN1C(=O)[C@@H](Cc2ccc(O)cc2)NC(=O)CNC(=O)[C@H](Cc2ccc3ccccc3c2)NC(=O)[C@H](CCCN=C(N)N)NC(=O)[C@H]1CCCNC(=O)c1ccc(CNC(=O)CN2CCN(CC(=O)[O-])CCN(CC(=O)[O-])CCN(CC(=O)[O-])CC2)cc1.[Ga+3]. The van der Waals surface area contributed by atoms with Gasteiger partial charge in [-0.25, -0.2) is 0 Å². The van der Waals surface area contributed by atoms with Gasteiger partial charge in [0.1, 0.15) is 29.9 Å². The molecule has 0 unspecified atom stereocenters. The number of carbonyl (C=O) groups is 10. The van der Waals surface area contributed by atoms with Crippen molar-refractivity contribution in [1.29, 1.82) is 0 Å². The summed E-state index contributed by atoms with van der Waals surface area (Å²) in [7, 11) is 1.38. The number of aromatic hydroxyl groups is 1. The minimum absolute atomic E-state index is 0. The maximum Gasteiger partial charge on any atom is 3.00 e. The molecule has 0 aliphatic carbocycles. The first kappa shape index (κ1) is 71.1. The van der Waals surface area contributed by atoms with E-state index >= 15 is 0 Å². The number of carbonyl (C=O) groups excluding carboxylic acids is 10. The van der Waals surface area contributed by atoms with Crippen LogP contribution in [-0.4, -0.2) is 244 Å². The van der Waals surface area contributed by atoms with Crippen LogP contribution in [0.5, 0.6) is 5.75 Å². The van der Waals surface area contributed by atoms with Crippen molar-refractivity contribution in [3.8, 4) is 5.75 Å². The van der Waals surface area contributed by atoms with E-state index in [1.165, 1.54) is 24.1 Å². The number of nitrogens with two attached hydrogens (primary N) is 2. The number of nitrogens with zero attached hydrogens (tertiary/aromatic N) is 6. The molecule has 89 heavy (non-hydrogen) atoms. The van der Waals surface area contributed by atoms with E-state index in [9.17, 15) is 68.4 Å². The van der Waals surface area contributed by atoms with Crippen molar-refractivity contribution in [1.82, 2.24) is 56.4 Å². The van der Waals surface area contributed by atoms with E-state index in [0.29, 0.717) is 16.7 Å². The average Bonchev–Trinajstić information content (AvgIpc) is 3.78. The van der Waals surface area contributed by atoms with Gasteiger partial charge in [0.15, 0.2) is 5.96 Å². The van der Waals surface area contributed by atoms with Crippen LogP contribution in [0.15, 0.2) is 96.0 Å². The Hall–Kier alpha value is -8.61. The Morgan fingerprint density at radius 2 is 1.12 bits per heavy atom. The largest absolute Gasteiger partial charge is 3.00 e. The molecule has 0 spiro atoms. The van der Waals surface area contributed by atoms with Crippen molar-refractivity contribution in [2.45, 2.75) is 69.2 Å². The number of phenolic OH excluding ortho intramolecular Hbond substituents is 1. The van der Waals surface area contributed by atoms with Gasteiger partial charge in [0, 0.05) is 117 Å². The molecular formula is C60H77GaN14O14. The summed E-state index contributed by atoms with van der Waals surface area (Å²) < 4.78 is 0. The summed E-state index contributed by atoms with van der Waals surface area (Å²) >= 11 is 0. The predicted octanol–water partition coefficient (Wildman–Crippen LogP) is -6.29. The molecule has 2 aliphatic rings. The molecule has 0 aromatic heterocycles. The Labute approximate surface area is 528 Å². The van der Waals surface area contributed by atoms with Crippen LogP contribution in [-0.2, 0) is 62.5 Å². The summed E-state index contributed by atoms with van der Waals surface area (Å²) in [6.07, 6.45) is 0.180. The molecule has 2 saturated heterocycles. The fourth-order valence-corrected chi connectivity index (χ4v) is 10.2. The summed E-state index contributed by atoms with van der Waals surface area (Å²) in [6, 6.07) is 20.4. The number of aliphatic carboxylic acids is 3. The van der Waals surface area contributed by atoms with Crippen LogP contribution in [0.1, 0.15) is 52.7 Å². The van der Waals surface area contributed by atoms with Crippen LogP contribution in [0.25, 0.3) is 10.8 Å². The van der Waals surface area contributed by atoms with Gasteiger partial charge in [0.2, 0.25) is 35.4 Å². The summed E-state index contributed by atoms with van der Waals surface area (Å²) in [5, 5.41) is 63.0. The van der Waals surface area contributed by atoms with Crippen LogP contribution in [0.3, 0.4) is 0 Å². The maximum atomic E-state index is 14.7. The zero-order chi connectivity index (χ0) is 63.7. The molecule has 4 atom stereocenters. The molecule has 0 saturated carbocycles. The topological polar surface area (TPSA) is 413 Å². The zero-order valence-corrected chi connectivity index (χ0v) is 52.1. The first-order valence-corrected chi connectivity index (χ1v) is 29.0. The number of aliphatic imine (C=N–C) groups is 1. The van der Waals surface area contributed by atoms with E-state index in [2.05, 4.69) is 36.9 Å². The van der Waals surface area contributed by atoms with Gasteiger partial charge in [0.05, 0.1) is 31.0 Å². The van der Waals surface area contributed by atoms with Gasteiger partial charge in [-0.3, -0.25) is 58.2 Å². The van der Waals surface area contributed by atoms with Gasteiger partial charge >= 0.3 is 19.8 Å². The third-order valence-electron chi connectivity index (χ3n) is 15.0. The minimum Gasteiger partial charge on any atom is -0.549 e. The van der Waals surface area contributed by atoms with Gasteiger partial charge in [-0.05, 0) is 77.4 Å². The van der Waals surface area contributed by atoms with Crippen molar-refractivity contribution in [2.24, 2.45) is 16.5 Å². The fourth-order valence-electron chi connectivity index (χ4n) is 10.2. The van der Waals surface area contributed by atoms with E-state index in [4.69, 9.17) is 11.5 Å². The fraction of sp³-hybridized carbons (Fsp3) is 0.450. The third-order valence-corrected chi connectivity index (χ3v) is 15.0. The van der Waals surface area contributed by atoms with Crippen LogP contribution in [0.2, 0.25) is 0 Å². The molecule has 28 nitrogen and oxygen atoms in total. The van der Waals surface area contributed by atoms with E-state index in [-0.39, 0.29) is 154 Å². The molecule has 2 aliphatic heterocycles. The van der Waals surface area contributed by atoms with Crippen LogP contribution in [0, 0.1) is 0 Å². The number of likely N-dealkylation sites (N-methyl/N-ethyl adjacent to an activating group) is 1. The molecule has 6 rings (SSSR count). The van der Waals surface area contributed by atoms with Gasteiger partial charge < -0.3 is 83.1 Å². The molecule has 11 N–H and O–H groups in total. The first-order valence-electron chi connectivity index (χ1n) is 29.0. The molecule has 474 valence electrons. The molecule has 4 aromatic rings. The van der Waals surface area contributed by atoms with E-state index < -0.39 is 110 Å². The second-order valence-corrected chi connectivity index (χ2v) is 21.7. The smallest absolute Gasteiger partial charge is 0.549 e. The average molecular weight is 1290 g/mol. The number of amides is 7. The van der Waals surface area contributed by atoms with Crippen molar-refractivity contribution >= 4 is 95.8 Å². The molecular weight excluding hydrogens is 1210 g/mol. The number of benzene rings is 4. The van der Waals surface area contributed by atoms with Crippen molar-refractivity contribution in [3.05, 3.63) is 113 Å². The number of nitrogens with one attached hydrogen (secondary N) is 6. The number of guanidine groups is 1. The van der Waals surface area contributed by atoms with Crippen molar-refractivity contribution in [2.75, 3.05) is 105 Å². The molecule has 2 heterocycles. The zero-order valence-electron chi connectivity index (χ0n) is 49.7. The third kappa shape index (κ3) is 24.5. The molecule has 7 amide bonds. The minimum atomic E-state index is -1.34. The summed E-state index contributed by atoms with van der Waals surface area (Å²) in [4.78, 5) is 144. The second kappa shape index (κ2) is 36.0. The van der Waals surface area contributed by atoms with Gasteiger partial charge in [0.25, 0.3) is 5.91 Å². The normalized spacial score (nSPS) is 19.2. The number of phenols is 1. The Bertz CT molecular complexity index is 3080. The Kier molecular flexibility index (Phi) is 28.8. The quantitative estimate of drug-likeness (QED) is 0.0144. The Morgan fingerprint density at radius 3 is 1.70 bits per heavy atom. The molecule has 29 heteroatoms. The molecule has 2 fully saturated rings. The monoisotopic (exact) mass is 1290 g/mol. The molecule has 4 aromatic carbocycles. The summed E-state index contributed by atoms with van der Waals surface area (Å²) in [6.45, 7) is -0.537. The Morgan fingerprint density at radius 1 is 0.596 bits per heavy atom. The van der Waals surface area contributed by atoms with E-state index in [1.54, 1.807) is 51.1 Å². The Balaban J connectivity index is 0.0000144. The van der Waals surface area contributed by atoms with Crippen LogP contribution < -0.4 is 58.7 Å². The van der Waals surface area contributed by atoms with Crippen molar-refractivity contribution < 1.29 is 68.4 Å². The summed E-state index contributed by atoms with van der Waals surface area (Å²) in [5.41, 5.74) is 13.3. The number of fused-ring (bicyclic) bond motifs is 1. The molecule has 0 radical (unpaired) electrons. The number of rotatable bonds is 23. The number of carboxylic acid groups (broad SMARTS) is 3. The molecule has 0 bridgehead atoms. The number of carboxylic acids is 3. The van der Waals surface area contributed by atoms with Crippen LogP contribution in [0.4, 0.5) is 0 Å². The van der Waals surface area contributed by atoms with Gasteiger partial charge in [-0.2, -0.15) is 0 Å². The van der Waals surface area contributed by atoms with Crippen LogP contribution >= 0.6 is 0 Å². The number of hydrogen-bond acceptors (Lipinski definition) is 19. The van der Waals surface area contributed by atoms with E-state index in [0.717, 1.165) is 15.7 Å².